The first kappa shape index (κ1) is 17.3. The van der Waals surface area contributed by atoms with Gasteiger partial charge in [0.25, 0.3) is 5.56 Å². The van der Waals surface area contributed by atoms with E-state index in [1.165, 1.54) is 18.7 Å². The van der Waals surface area contributed by atoms with Crippen LogP contribution >= 0.6 is 0 Å². The Morgan fingerprint density at radius 2 is 1.88 bits per heavy atom. The van der Waals surface area contributed by atoms with Gasteiger partial charge < -0.3 is 15.2 Å². The first-order valence-electron chi connectivity index (χ1n) is 7.16. The summed E-state index contributed by atoms with van der Waals surface area (Å²) in [6.07, 6.45) is -0.887. The fourth-order valence-electron chi connectivity index (χ4n) is 2.29. The van der Waals surface area contributed by atoms with Crippen molar-refractivity contribution in [2.24, 2.45) is 14.1 Å². The number of nitriles is 1. The molecule has 2 aromatic rings. The minimum Gasteiger partial charge on any atom is -0.497 e. The molecule has 1 heterocycles. The lowest BCUT2D eigenvalue weighted by atomic mass is 10.1. The minimum atomic E-state index is -0.887. The van der Waals surface area contributed by atoms with Crippen molar-refractivity contribution in [2.45, 2.75) is 6.10 Å². The van der Waals surface area contributed by atoms with Gasteiger partial charge in [0.05, 0.1) is 13.2 Å². The van der Waals surface area contributed by atoms with Crippen LogP contribution in [-0.2, 0) is 14.1 Å². The fraction of sp³-hybridized carbons (Fsp3) is 0.312. The van der Waals surface area contributed by atoms with Gasteiger partial charge in [-0.05, 0) is 17.7 Å². The van der Waals surface area contributed by atoms with Crippen LogP contribution in [0.15, 0.2) is 33.9 Å². The van der Waals surface area contributed by atoms with Crippen molar-refractivity contribution in [3.8, 4) is 11.8 Å². The Balaban J connectivity index is 2.27. The molecule has 1 aromatic carbocycles. The number of anilines is 1. The molecule has 0 saturated carbocycles. The lowest BCUT2D eigenvalue weighted by molar-refractivity contribution is 0.191. The Morgan fingerprint density at radius 1 is 1.25 bits per heavy atom. The van der Waals surface area contributed by atoms with Gasteiger partial charge in [0, 0.05) is 20.6 Å². The monoisotopic (exact) mass is 330 g/mol. The second kappa shape index (κ2) is 7.02. The topological polar surface area (TPSA) is 109 Å². The molecule has 1 aromatic heterocycles. The van der Waals surface area contributed by atoms with Crippen molar-refractivity contribution in [2.75, 3.05) is 19.0 Å². The maximum atomic E-state index is 12.0. The van der Waals surface area contributed by atoms with Crippen LogP contribution < -0.4 is 21.3 Å². The Hall–Kier alpha value is -3.05. The standard InChI is InChI=1S/C16H18N4O4/c1-19-14(12(8-17)15(22)20(2)16(19)23)18-9-13(21)10-4-6-11(24-3)7-5-10/h4-7,13,18,21H,9H2,1-3H3. The highest BCUT2D eigenvalue weighted by Gasteiger charge is 2.16. The van der Waals surface area contributed by atoms with E-state index in [4.69, 9.17) is 4.74 Å². The summed E-state index contributed by atoms with van der Waals surface area (Å²) in [5.41, 5.74) is -0.778. The van der Waals surface area contributed by atoms with Crippen LogP contribution in [0.5, 0.6) is 5.75 Å². The zero-order valence-electron chi connectivity index (χ0n) is 13.6. The van der Waals surface area contributed by atoms with Crippen molar-refractivity contribution in [3.05, 3.63) is 56.2 Å². The molecule has 126 valence electrons. The van der Waals surface area contributed by atoms with Gasteiger partial charge in [0.2, 0.25) is 0 Å². The molecule has 0 fully saturated rings. The third-order valence-corrected chi connectivity index (χ3v) is 3.74. The molecular formula is C16H18N4O4. The highest BCUT2D eigenvalue weighted by molar-refractivity contribution is 5.51. The zero-order valence-corrected chi connectivity index (χ0v) is 13.6. The van der Waals surface area contributed by atoms with Gasteiger partial charge in [0.15, 0.2) is 5.56 Å². The molecule has 1 atom stereocenters. The highest BCUT2D eigenvalue weighted by atomic mass is 16.5. The smallest absolute Gasteiger partial charge is 0.332 e. The first-order chi connectivity index (χ1) is 11.4. The summed E-state index contributed by atoms with van der Waals surface area (Å²) in [7, 11) is 4.30. The normalized spacial score (nSPS) is 11.6. The van der Waals surface area contributed by atoms with Gasteiger partial charge in [0.1, 0.15) is 17.6 Å². The third kappa shape index (κ3) is 3.16. The number of rotatable bonds is 5. The van der Waals surface area contributed by atoms with Gasteiger partial charge >= 0.3 is 5.69 Å². The lowest BCUT2D eigenvalue weighted by Gasteiger charge is -2.17. The molecular weight excluding hydrogens is 312 g/mol. The Kier molecular flexibility index (Phi) is 5.06. The molecule has 0 amide bonds. The molecule has 2 N–H and O–H groups in total. The summed E-state index contributed by atoms with van der Waals surface area (Å²) in [5, 5.41) is 22.2. The summed E-state index contributed by atoms with van der Waals surface area (Å²) in [6.45, 7) is 0.0292. The van der Waals surface area contributed by atoms with Crippen LogP contribution in [0.1, 0.15) is 17.2 Å². The van der Waals surface area contributed by atoms with E-state index < -0.39 is 17.4 Å². The second-order valence-electron chi connectivity index (χ2n) is 5.21. The predicted molar refractivity (Wildman–Crippen MR) is 88.1 cm³/mol. The lowest BCUT2D eigenvalue weighted by Crippen LogP contribution is -2.40. The number of methoxy groups -OCH3 is 1. The minimum absolute atomic E-state index is 0.0292. The molecule has 2 rings (SSSR count). The van der Waals surface area contributed by atoms with Gasteiger partial charge in [-0.3, -0.25) is 13.9 Å². The molecule has 0 radical (unpaired) electrons. The number of aliphatic hydroxyl groups is 1. The number of benzene rings is 1. The molecule has 8 nitrogen and oxygen atoms in total. The first-order valence-corrected chi connectivity index (χ1v) is 7.16. The molecule has 0 spiro atoms. The van der Waals surface area contributed by atoms with E-state index in [0.717, 1.165) is 4.57 Å². The van der Waals surface area contributed by atoms with Crippen molar-refractivity contribution in [3.63, 3.8) is 0 Å². The van der Waals surface area contributed by atoms with Crippen LogP contribution in [0.25, 0.3) is 0 Å². The van der Waals surface area contributed by atoms with Crippen molar-refractivity contribution in [1.82, 2.24) is 9.13 Å². The number of hydrogen-bond acceptors (Lipinski definition) is 6. The molecule has 0 aliphatic rings. The molecule has 0 saturated heterocycles. The van der Waals surface area contributed by atoms with Crippen LogP contribution in [0.4, 0.5) is 5.82 Å². The number of hydrogen-bond donors (Lipinski definition) is 2. The van der Waals surface area contributed by atoms with E-state index in [2.05, 4.69) is 5.32 Å². The number of ether oxygens (including phenoxy) is 1. The summed E-state index contributed by atoms with van der Waals surface area (Å²) >= 11 is 0. The third-order valence-electron chi connectivity index (χ3n) is 3.74. The molecule has 0 aliphatic heterocycles. The number of nitrogens with zero attached hydrogens (tertiary/aromatic N) is 3. The largest absolute Gasteiger partial charge is 0.497 e. The molecule has 8 heteroatoms. The van der Waals surface area contributed by atoms with E-state index in [-0.39, 0.29) is 17.9 Å². The molecule has 0 bridgehead atoms. The summed E-state index contributed by atoms with van der Waals surface area (Å²) in [5.74, 6) is 0.748. The number of aliphatic hydroxyl groups excluding tert-OH is 1. The Labute approximate surface area is 138 Å². The quantitative estimate of drug-likeness (QED) is 0.805. The SMILES string of the molecule is COc1ccc(C(O)CNc2c(C#N)c(=O)n(C)c(=O)n2C)cc1. The fourth-order valence-corrected chi connectivity index (χ4v) is 2.29. The Bertz CT molecular complexity index is 891. The Morgan fingerprint density at radius 3 is 2.42 bits per heavy atom. The zero-order chi connectivity index (χ0) is 17.9. The van der Waals surface area contributed by atoms with E-state index >= 15 is 0 Å². The average molecular weight is 330 g/mol. The molecule has 1 unspecified atom stereocenters. The molecule has 24 heavy (non-hydrogen) atoms. The van der Waals surface area contributed by atoms with E-state index in [0.29, 0.717) is 11.3 Å². The highest BCUT2D eigenvalue weighted by Crippen LogP contribution is 2.18. The summed E-state index contributed by atoms with van der Waals surface area (Å²) in [6, 6.07) is 8.64. The van der Waals surface area contributed by atoms with Crippen molar-refractivity contribution >= 4 is 5.82 Å². The van der Waals surface area contributed by atoms with E-state index in [1.807, 2.05) is 0 Å². The van der Waals surface area contributed by atoms with Crippen LogP contribution in [-0.4, -0.2) is 27.9 Å². The summed E-state index contributed by atoms with van der Waals surface area (Å²) in [4.78, 5) is 24.0. The van der Waals surface area contributed by atoms with Crippen molar-refractivity contribution in [1.29, 1.82) is 5.26 Å². The summed E-state index contributed by atoms with van der Waals surface area (Å²) < 4.78 is 7.09. The maximum Gasteiger partial charge on any atom is 0.332 e. The predicted octanol–water partition coefficient (Wildman–Crippen LogP) is 0.110. The van der Waals surface area contributed by atoms with Gasteiger partial charge in [-0.15, -0.1) is 0 Å². The van der Waals surface area contributed by atoms with Gasteiger partial charge in [-0.1, -0.05) is 12.1 Å². The average Bonchev–Trinajstić information content (AvgIpc) is 2.61. The van der Waals surface area contributed by atoms with Crippen molar-refractivity contribution < 1.29 is 9.84 Å². The van der Waals surface area contributed by atoms with Gasteiger partial charge in [-0.25, -0.2) is 4.79 Å². The van der Waals surface area contributed by atoms with Crippen LogP contribution in [0.2, 0.25) is 0 Å². The maximum absolute atomic E-state index is 12.0. The van der Waals surface area contributed by atoms with E-state index in [9.17, 15) is 20.0 Å². The van der Waals surface area contributed by atoms with Crippen LogP contribution in [0, 0.1) is 11.3 Å². The molecule has 0 aliphatic carbocycles. The van der Waals surface area contributed by atoms with E-state index in [1.54, 1.807) is 37.4 Å². The number of nitrogens with one attached hydrogen (secondary N) is 1. The number of aromatic nitrogens is 2. The second-order valence-corrected chi connectivity index (χ2v) is 5.21. The van der Waals surface area contributed by atoms with Gasteiger partial charge in [-0.2, -0.15) is 5.26 Å². The van der Waals surface area contributed by atoms with Crippen LogP contribution in [0.3, 0.4) is 0 Å².